The Morgan fingerprint density at radius 2 is 1.89 bits per heavy atom. The van der Waals surface area contributed by atoms with Crippen LogP contribution in [-0.2, 0) is 11.3 Å². The number of carbonyl (C=O) groups excluding carboxylic acids is 1. The second-order valence-corrected chi connectivity index (χ2v) is 8.31. The average Bonchev–Trinajstić information content (AvgIpc) is 3.36. The lowest BCUT2D eigenvalue weighted by atomic mass is 9.87. The number of aromatic amines is 1. The minimum Gasteiger partial charge on any atom is -0.335 e. The van der Waals surface area contributed by atoms with Crippen molar-refractivity contribution < 1.29 is 4.79 Å². The van der Waals surface area contributed by atoms with E-state index < -0.39 is 0 Å². The molecule has 1 amide bonds. The van der Waals surface area contributed by atoms with Crippen LogP contribution < -0.4 is 0 Å². The molecule has 5 heteroatoms. The number of nitrogens with one attached hydrogen (secondary N) is 1. The van der Waals surface area contributed by atoms with Gasteiger partial charge in [-0.25, -0.2) is 0 Å². The van der Waals surface area contributed by atoms with E-state index in [-0.39, 0.29) is 11.9 Å². The van der Waals surface area contributed by atoms with Gasteiger partial charge in [0.2, 0.25) is 5.91 Å². The summed E-state index contributed by atoms with van der Waals surface area (Å²) in [4.78, 5) is 17.0. The molecule has 0 saturated carbocycles. The molecular formula is C23H26N4O. The van der Waals surface area contributed by atoms with Crippen LogP contribution in [0.1, 0.15) is 29.8 Å². The molecule has 5 rings (SSSR count). The Balaban J connectivity index is 1.41. The second-order valence-electron chi connectivity index (χ2n) is 8.31. The summed E-state index contributed by atoms with van der Waals surface area (Å²) in [5.41, 5.74) is 4.79. The number of H-pyrrole nitrogens is 1. The summed E-state index contributed by atoms with van der Waals surface area (Å²) in [6.07, 6.45) is 0. The molecule has 0 radical (unpaired) electrons. The molecule has 0 aliphatic carbocycles. The van der Waals surface area contributed by atoms with E-state index in [9.17, 15) is 4.79 Å². The van der Waals surface area contributed by atoms with Crippen LogP contribution in [0, 0.1) is 18.8 Å². The number of hydrogen-bond acceptors (Lipinski definition) is 3. The number of para-hydroxylation sites is 1. The Morgan fingerprint density at radius 1 is 1.11 bits per heavy atom. The summed E-state index contributed by atoms with van der Waals surface area (Å²) in [7, 11) is 0. The number of benzene rings is 2. The second kappa shape index (κ2) is 6.74. The van der Waals surface area contributed by atoms with Crippen molar-refractivity contribution >= 4 is 16.8 Å². The van der Waals surface area contributed by atoms with E-state index in [2.05, 4.69) is 63.3 Å². The van der Waals surface area contributed by atoms with Crippen molar-refractivity contribution in [2.24, 2.45) is 11.8 Å². The Bertz CT molecular complexity index is 1030. The fraction of sp³-hybridized carbons (Fsp3) is 0.391. The van der Waals surface area contributed by atoms with Gasteiger partial charge in [-0.3, -0.25) is 14.8 Å². The predicted molar refractivity (Wildman–Crippen MR) is 110 cm³/mol. The van der Waals surface area contributed by atoms with Crippen LogP contribution >= 0.6 is 0 Å². The van der Waals surface area contributed by atoms with E-state index in [1.54, 1.807) is 6.92 Å². The third kappa shape index (κ3) is 2.81. The van der Waals surface area contributed by atoms with Gasteiger partial charge in [0.15, 0.2) is 0 Å². The van der Waals surface area contributed by atoms with Gasteiger partial charge in [0.1, 0.15) is 0 Å². The number of likely N-dealkylation sites (tertiary alicyclic amines) is 2. The number of fused-ring (bicyclic) bond motifs is 2. The fourth-order valence-corrected chi connectivity index (χ4v) is 5.27. The predicted octanol–water partition coefficient (Wildman–Crippen LogP) is 3.52. The van der Waals surface area contributed by atoms with Gasteiger partial charge in [0, 0.05) is 44.4 Å². The van der Waals surface area contributed by atoms with Gasteiger partial charge >= 0.3 is 0 Å². The molecule has 144 valence electrons. The van der Waals surface area contributed by atoms with Crippen molar-refractivity contribution in [1.82, 2.24) is 20.0 Å². The Kier molecular flexibility index (Phi) is 4.20. The average molecular weight is 374 g/mol. The number of aryl methyl sites for hydroxylation is 1. The largest absolute Gasteiger partial charge is 0.335 e. The van der Waals surface area contributed by atoms with Gasteiger partial charge in [-0.2, -0.15) is 5.10 Å². The van der Waals surface area contributed by atoms with Gasteiger partial charge in [-0.05, 0) is 30.0 Å². The number of nitrogens with zero attached hydrogens (tertiary/aromatic N) is 3. The minimum atomic E-state index is 0.187. The zero-order valence-electron chi connectivity index (χ0n) is 16.4. The summed E-state index contributed by atoms with van der Waals surface area (Å²) in [6.45, 7) is 7.66. The highest BCUT2D eigenvalue weighted by molar-refractivity contribution is 5.81. The maximum absolute atomic E-state index is 12.4. The van der Waals surface area contributed by atoms with Crippen LogP contribution in [0.3, 0.4) is 0 Å². The van der Waals surface area contributed by atoms with Gasteiger partial charge in [0.25, 0.3) is 0 Å². The van der Waals surface area contributed by atoms with Crippen LogP contribution in [0.5, 0.6) is 0 Å². The van der Waals surface area contributed by atoms with E-state index in [4.69, 9.17) is 0 Å². The van der Waals surface area contributed by atoms with Crippen molar-refractivity contribution in [2.75, 3.05) is 19.6 Å². The first-order chi connectivity index (χ1) is 13.6. The first kappa shape index (κ1) is 17.4. The van der Waals surface area contributed by atoms with Crippen LogP contribution in [-0.4, -0.2) is 45.5 Å². The molecule has 2 saturated heterocycles. The van der Waals surface area contributed by atoms with Gasteiger partial charge in [0.05, 0.1) is 17.3 Å². The number of aromatic nitrogens is 2. The van der Waals surface area contributed by atoms with E-state index >= 15 is 0 Å². The molecule has 2 aliphatic heterocycles. The summed E-state index contributed by atoms with van der Waals surface area (Å²) < 4.78 is 0. The maximum atomic E-state index is 12.4. The zero-order valence-corrected chi connectivity index (χ0v) is 16.4. The molecule has 3 atom stereocenters. The van der Waals surface area contributed by atoms with E-state index in [1.165, 1.54) is 22.2 Å². The lowest BCUT2D eigenvalue weighted by Gasteiger charge is -2.30. The van der Waals surface area contributed by atoms with Crippen LogP contribution in [0.25, 0.3) is 10.9 Å². The molecular weight excluding hydrogens is 348 g/mol. The van der Waals surface area contributed by atoms with Crippen molar-refractivity contribution in [2.45, 2.75) is 26.4 Å². The molecule has 2 aliphatic rings. The Morgan fingerprint density at radius 3 is 2.71 bits per heavy atom. The quantitative estimate of drug-likeness (QED) is 0.763. The van der Waals surface area contributed by atoms with Crippen LogP contribution in [0.2, 0.25) is 0 Å². The Labute approximate surface area is 165 Å². The molecule has 5 nitrogen and oxygen atoms in total. The first-order valence-corrected chi connectivity index (χ1v) is 10.1. The van der Waals surface area contributed by atoms with Crippen molar-refractivity contribution in [3.63, 3.8) is 0 Å². The van der Waals surface area contributed by atoms with E-state index in [0.29, 0.717) is 11.8 Å². The number of carbonyl (C=O) groups is 1. The molecule has 0 spiro atoms. The normalized spacial score (nSPS) is 24.8. The number of amides is 1. The molecule has 0 bridgehead atoms. The topological polar surface area (TPSA) is 52.2 Å². The first-order valence-electron chi connectivity index (χ1n) is 10.1. The molecule has 1 aromatic heterocycles. The standard InChI is InChI=1S/C23H26N4O/c1-15-7-3-4-8-18(15)23-20-13-26(11-17(20)12-27(23)16(2)28)14-22-19-9-5-6-10-21(19)24-25-22/h3-10,17,20,23H,11-14H2,1-2H3,(H,24,25)/t17-,20-,23+/m1/s1. The monoisotopic (exact) mass is 374 g/mol. The van der Waals surface area contributed by atoms with Gasteiger partial charge < -0.3 is 4.90 Å². The summed E-state index contributed by atoms with van der Waals surface area (Å²) in [5, 5.41) is 8.88. The van der Waals surface area contributed by atoms with Gasteiger partial charge in [-0.15, -0.1) is 0 Å². The van der Waals surface area contributed by atoms with Crippen molar-refractivity contribution in [1.29, 1.82) is 0 Å². The fourth-order valence-electron chi connectivity index (χ4n) is 5.27. The molecule has 2 fully saturated rings. The summed E-state index contributed by atoms with van der Waals surface area (Å²) >= 11 is 0. The summed E-state index contributed by atoms with van der Waals surface area (Å²) in [6, 6.07) is 17.0. The minimum absolute atomic E-state index is 0.187. The third-order valence-corrected chi connectivity index (χ3v) is 6.57. The molecule has 1 N–H and O–H groups in total. The highest BCUT2D eigenvalue weighted by atomic mass is 16.2. The van der Waals surface area contributed by atoms with Gasteiger partial charge in [-0.1, -0.05) is 42.5 Å². The Hall–Kier alpha value is -2.66. The molecule has 0 unspecified atom stereocenters. The number of hydrogen-bond donors (Lipinski definition) is 1. The summed E-state index contributed by atoms with van der Waals surface area (Å²) in [5.74, 6) is 1.20. The lowest BCUT2D eigenvalue weighted by Crippen LogP contribution is -2.34. The molecule has 3 aromatic rings. The van der Waals surface area contributed by atoms with Crippen molar-refractivity contribution in [3.05, 3.63) is 65.4 Å². The zero-order chi connectivity index (χ0) is 19.3. The van der Waals surface area contributed by atoms with Crippen LogP contribution in [0.4, 0.5) is 0 Å². The lowest BCUT2D eigenvalue weighted by molar-refractivity contribution is -0.130. The van der Waals surface area contributed by atoms with E-state index in [0.717, 1.165) is 31.7 Å². The maximum Gasteiger partial charge on any atom is 0.219 e. The third-order valence-electron chi connectivity index (χ3n) is 6.57. The van der Waals surface area contributed by atoms with E-state index in [1.807, 2.05) is 12.1 Å². The highest BCUT2D eigenvalue weighted by Gasteiger charge is 2.48. The SMILES string of the molecule is CC(=O)N1C[C@H]2CN(Cc3[nH]nc4ccccc34)C[C@H]2[C@@H]1c1ccccc1C. The molecule has 3 heterocycles. The van der Waals surface area contributed by atoms with Crippen LogP contribution in [0.15, 0.2) is 48.5 Å². The smallest absolute Gasteiger partial charge is 0.219 e. The highest BCUT2D eigenvalue weighted by Crippen LogP contribution is 2.46. The van der Waals surface area contributed by atoms with Crippen molar-refractivity contribution in [3.8, 4) is 0 Å². The molecule has 28 heavy (non-hydrogen) atoms. The molecule has 2 aromatic carbocycles. The number of rotatable bonds is 3.